The monoisotopic (exact) mass is 157 g/mol. The lowest BCUT2D eigenvalue weighted by atomic mass is 9.84. The van der Waals surface area contributed by atoms with E-state index in [9.17, 15) is 0 Å². The Hall–Kier alpha value is -0.0400. The highest BCUT2D eigenvalue weighted by Crippen LogP contribution is 2.28. The van der Waals surface area contributed by atoms with Crippen LogP contribution in [0.4, 0.5) is 0 Å². The highest BCUT2D eigenvalue weighted by Gasteiger charge is 2.13. The van der Waals surface area contributed by atoms with E-state index in [-0.39, 0.29) is 6.15 Å². The van der Waals surface area contributed by atoms with Crippen molar-refractivity contribution in [1.82, 2.24) is 6.15 Å². The van der Waals surface area contributed by atoms with Crippen LogP contribution >= 0.6 is 0 Å². The van der Waals surface area contributed by atoms with Crippen molar-refractivity contribution in [3.63, 3.8) is 0 Å². The molecule has 0 aromatic heterocycles. The molecule has 0 aromatic rings. The van der Waals surface area contributed by atoms with Crippen molar-refractivity contribution in [2.45, 2.75) is 52.4 Å². The molecule has 0 aromatic carbocycles. The summed E-state index contributed by atoms with van der Waals surface area (Å²) < 4.78 is 0. The highest BCUT2D eigenvalue weighted by atomic mass is 14.2. The van der Waals surface area contributed by atoms with Crippen LogP contribution in [0.3, 0.4) is 0 Å². The quantitative estimate of drug-likeness (QED) is 0.650. The van der Waals surface area contributed by atoms with Gasteiger partial charge in [0.15, 0.2) is 0 Å². The summed E-state index contributed by atoms with van der Waals surface area (Å²) in [5.41, 5.74) is 0. The van der Waals surface area contributed by atoms with E-state index in [4.69, 9.17) is 0 Å². The summed E-state index contributed by atoms with van der Waals surface area (Å²) in [6, 6.07) is 0. The zero-order valence-electron chi connectivity index (χ0n) is 8.10. The Labute approximate surface area is 71.2 Å². The minimum absolute atomic E-state index is 0. The van der Waals surface area contributed by atoms with Crippen molar-refractivity contribution in [3.8, 4) is 0 Å². The first-order chi connectivity index (χ1) is 4.79. The second kappa shape index (κ2) is 5.59. The standard InChI is InChI=1S/C10H20.H3N/c1-9(2)8-10-6-4-3-5-7-10;/h9-10H,3-8H2,1-2H3;1H3. The van der Waals surface area contributed by atoms with E-state index < -0.39 is 0 Å². The Morgan fingerprint density at radius 3 is 2.09 bits per heavy atom. The van der Waals surface area contributed by atoms with Gasteiger partial charge in [-0.05, 0) is 18.3 Å². The molecule has 0 atom stereocenters. The van der Waals surface area contributed by atoms with Crippen molar-refractivity contribution in [2.75, 3.05) is 0 Å². The first kappa shape index (κ1) is 11.0. The maximum absolute atomic E-state index is 2.34. The first-order valence-corrected chi connectivity index (χ1v) is 4.79. The maximum Gasteiger partial charge on any atom is -0.0412 e. The summed E-state index contributed by atoms with van der Waals surface area (Å²) in [7, 11) is 0. The van der Waals surface area contributed by atoms with Gasteiger partial charge in [-0.3, -0.25) is 0 Å². The Bertz CT molecular complexity index is 82.9. The fourth-order valence-corrected chi connectivity index (χ4v) is 2.09. The lowest BCUT2D eigenvalue weighted by molar-refractivity contribution is 0.305. The van der Waals surface area contributed by atoms with Crippen molar-refractivity contribution in [1.29, 1.82) is 0 Å². The van der Waals surface area contributed by atoms with Gasteiger partial charge < -0.3 is 6.15 Å². The molecule has 1 rings (SSSR count). The van der Waals surface area contributed by atoms with Crippen molar-refractivity contribution in [3.05, 3.63) is 0 Å². The summed E-state index contributed by atoms with van der Waals surface area (Å²) in [4.78, 5) is 0. The van der Waals surface area contributed by atoms with Gasteiger partial charge >= 0.3 is 0 Å². The molecule has 0 spiro atoms. The molecule has 0 bridgehead atoms. The normalized spacial score (nSPS) is 19.9. The zero-order valence-corrected chi connectivity index (χ0v) is 8.10. The van der Waals surface area contributed by atoms with Gasteiger partial charge in [0, 0.05) is 0 Å². The van der Waals surface area contributed by atoms with Gasteiger partial charge in [-0.25, -0.2) is 0 Å². The summed E-state index contributed by atoms with van der Waals surface area (Å²) in [5, 5.41) is 0. The minimum Gasteiger partial charge on any atom is -0.344 e. The van der Waals surface area contributed by atoms with Crippen LogP contribution in [-0.4, -0.2) is 0 Å². The molecule has 1 aliphatic carbocycles. The highest BCUT2D eigenvalue weighted by molar-refractivity contribution is 4.66. The Balaban J connectivity index is 0.000001000. The van der Waals surface area contributed by atoms with Crippen molar-refractivity contribution >= 4 is 0 Å². The van der Waals surface area contributed by atoms with Crippen molar-refractivity contribution in [2.24, 2.45) is 11.8 Å². The van der Waals surface area contributed by atoms with E-state index in [1.165, 1.54) is 38.5 Å². The lowest BCUT2D eigenvalue weighted by Gasteiger charge is -2.22. The smallest absolute Gasteiger partial charge is 0.0412 e. The van der Waals surface area contributed by atoms with Crippen LogP contribution in [0.5, 0.6) is 0 Å². The van der Waals surface area contributed by atoms with Gasteiger partial charge in [0.25, 0.3) is 0 Å². The molecule has 0 heterocycles. The van der Waals surface area contributed by atoms with Gasteiger partial charge in [-0.15, -0.1) is 0 Å². The molecule has 3 N–H and O–H groups in total. The van der Waals surface area contributed by atoms with Gasteiger partial charge in [-0.1, -0.05) is 46.0 Å². The van der Waals surface area contributed by atoms with E-state index in [0.29, 0.717) is 0 Å². The predicted octanol–water partition coefficient (Wildman–Crippen LogP) is 3.77. The van der Waals surface area contributed by atoms with Crippen LogP contribution < -0.4 is 6.15 Å². The molecule has 1 saturated carbocycles. The summed E-state index contributed by atoms with van der Waals surface area (Å²) in [6.45, 7) is 4.68. The molecule has 1 heteroatoms. The second-order valence-corrected chi connectivity index (χ2v) is 4.13. The first-order valence-electron chi connectivity index (χ1n) is 4.79. The van der Waals surface area contributed by atoms with Crippen LogP contribution in [0.15, 0.2) is 0 Å². The largest absolute Gasteiger partial charge is 0.344 e. The molecule has 0 unspecified atom stereocenters. The number of rotatable bonds is 2. The Morgan fingerprint density at radius 2 is 1.64 bits per heavy atom. The predicted molar refractivity (Wildman–Crippen MR) is 51.1 cm³/mol. The average Bonchev–Trinajstić information content (AvgIpc) is 1.88. The van der Waals surface area contributed by atoms with Gasteiger partial charge in [0.1, 0.15) is 0 Å². The fourth-order valence-electron chi connectivity index (χ4n) is 2.09. The molecule has 1 nitrogen and oxygen atoms in total. The molecule has 1 aliphatic rings. The number of hydrogen-bond donors (Lipinski definition) is 1. The summed E-state index contributed by atoms with van der Waals surface area (Å²) in [5.74, 6) is 2.00. The van der Waals surface area contributed by atoms with Crippen molar-refractivity contribution < 1.29 is 0 Å². The SMILES string of the molecule is CC(C)CC1CCCCC1.N. The topological polar surface area (TPSA) is 35.0 Å². The van der Waals surface area contributed by atoms with Gasteiger partial charge in [0.2, 0.25) is 0 Å². The molecule has 1 fully saturated rings. The van der Waals surface area contributed by atoms with E-state index in [1.807, 2.05) is 0 Å². The molecule has 68 valence electrons. The van der Waals surface area contributed by atoms with Gasteiger partial charge in [0.05, 0.1) is 0 Å². The third-order valence-corrected chi connectivity index (χ3v) is 2.53. The molecule has 0 amide bonds. The number of hydrogen-bond acceptors (Lipinski definition) is 1. The molecular weight excluding hydrogens is 134 g/mol. The van der Waals surface area contributed by atoms with Gasteiger partial charge in [-0.2, -0.15) is 0 Å². The van der Waals surface area contributed by atoms with E-state index >= 15 is 0 Å². The third-order valence-electron chi connectivity index (χ3n) is 2.53. The van der Waals surface area contributed by atoms with E-state index in [2.05, 4.69) is 13.8 Å². The average molecular weight is 157 g/mol. The molecular formula is C10H23N. The lowest BCUT2D eigenvalue weighted by Crippen LogP contribution is -2.08. The zero-order chi connectivity index (χ0) is 7.40. The molecule has 11 heavy (non-hydrogen) atoms. The van der Waals surface area contributed by atoms with Crippen LogP contribution in [0, 0.1) is 11.8 Å². The van der Waals surface area contributed by atoms with E-state index in [1.54, 1.807) is 0 Å². The van der Waals surface area contributed by atoms with Crippen LogP contribution in [0.25, 0.3) is 0 Å². The molecule has 0 radical (unpaired) electrons. The Kier molecular flexibility index (Phi) is 5.57. The molecule has 0 saturated heterocycles. The summed E-state index contributed by atoms with van der Waals surface area (Å²) >= 11 is 0. The fraction of sp³-hybridized carbons (Fsp3) is 1.00. The third kappa shape index (κ3) is 4.41. The van der Waals surface area contributed by atoms with Crippen LogP contribution in [0.2, 0.25) is 0 Å². The maximum atomic E-state index is 2.34. The summed E-state index contributed by atoms with van der Waals surface area (Å²) in [6.07, 6.45) is 8.99. The van der Waals surface area contributed by atoms with Crippen LogP contribution in [-0.2, 0) is 0 Å². The van der Waals surface area contributed by atoms with Crippen LogP contribution in [0.1, 0.15) is 52.4 Å². The molecule has 0 aliphatic heterocycles. The van der Waals surface area contributed by atoms with E-state index in [0.717, 1.165) is 11.8 Å². The Morgan fingerprint density at radius 1 is 1.09 bits per heavy atom. The minimum atomic E-state index is 0. The second-order valence-electron chi connectivity index (χ2n) is 4.13.